The van der Waals surface area contributed by atoms with Crippen molar-refractivity contribution < 1.29 is 96.6 Å². The van der Waals surface area contributed by atoms with Crippen LogP contribution in [0, 0.1) is 11.8 Å². The van der Waals surface area contributed by atoms with Gasteiger partial charge in [0, 0.05) is 26.1 Å². The quantitative estimate of drug-likeness (QED) is 0.0335. The summed E-state index contributed by atoms with van der Waals surface area (Å²) in [7, 11) is -12.3. The van der Waals surface area contributed by atoms with E-state index in [-0.39, 0.29) is 56.4 Å². The van der Waals surface area contributed by atoms with Gasteiger partial charge in [0.2, 0.25) is 0 Å². The van der Waals surface area contributed by atoms with Crippen LogP contribution in [0.1, 0.15) is 98.3 Å². The van der Waals surface area contributed by atoms with E-state index in [2.05, 4.69) is 22.9 Å². The molecule has 25 heteroatoms. The van der Waals surface area contributed by atoms with E-state index in [9.17, 15) is 62.4 Å². The molecule has 2 aliphatic heterocycles. The third-order valence-electron chi connectivity index (χ3n) is 6.44. The van der Waals surface area contributed by atoms with E-state index < -0.39 is 53.2 Å². The number of hydrogen-bond donors (Lipinski definition) is 2. The summed E-state index contributed by atoms with van der Waals surface area (Å²) >= 11 is -3.86. The van der Waals surface area contributed by atoms with Gasteiger partial charge in [0.05, 0.1) is 38.3 Å². The van der Waals surface area contributed by atoms with Crippen molar-refractivity contribution in [2.75, 3.05) is 39.6 Å². The molecule has 0 aromatic heterocycles. The number of alkyl halides is 6. The Morgan fingerprint density at radius 3 is 1.83 bits per heavy atom. The zero-order valence-electron chi connectivity index (χ0n) is 31.6. The van der Waals surface area contributed by atoms with Crippen molar-refractivity contribution in [2.45, 2.75) is 109 Å². The second-order valence-electron chi connectivity index (χ2n) is 11.1. The van der Waals surface area contributed by atoms with Crippen LogP contribution in [0.25, 0.3) is 0 Å². The molecule has 58 heavy (non-hydrogen) atoms. The van der Waals surface area contributed by atoms with Gasteiger partial charge in [-0.1, -0.05) is 19.6 Å². The SMILES string of the molecule is C.C=CCC(CCCO)C(=O)OCCCCC(=O)OCC.C=CCC1CCCOC1=O.CCO.O=C1CCCCO1.O=S(=O)([O][Sn][O]S(=O)(=O)C(F)(F)F)C(F)(F)F. The summed E-state index contributed by atoms with van der Waals surface area (Å²) in [6, 6.07) is 0. The number of ether oxygens (including phenoxy) is 4. The summed E-state index contributed by atoms with van der Waals surface area (Å²) in [6.45, 7) is 12.9. The normalized spacial score (nSPS) is 15.7. The molecule has 0 saturated carbocycles. The van der Waals surface area contributed by atoms with Gasteiger partial charge in [-0.25, -0.2) is 0 Å². The number of carbonyl (C=O) groups excluding carboxylic acids is 4. The number of rotatable bonds is 18. The van der Waals surface area contributed by atoms with Crippen LogP contribution in [-0.4, -0.2) is 124 Å². The maximum atomic E-state index is 11.8. The molecule has 2 radical (unpaired) electrons. The molecule has 0 spiro atoms. The summed E-state index contributed by atoms with van der Waals surface area (Å²) in [5.41, 5.74) is -11.7. The van der Waals surface area contributed by atoms with Gasteiger partial charge in [-0.15, -0.1) is 13.2 Å². The van der Waals surface area contributed by atoms with Crippen LogP contribution in [0.3, 0.4) is 0 Å². The number of unbranched alkanes of at least 4 members (excludes halogenated alkanes) is 1. The first-order chi connectivity index (χ1) is 26.5. The number of aliphatic hydroxyl groups is 2. The van der Waals surface area contributed by atoms with Crippen molar-refractivity contribution in [1.29, 1.82) is 0 Å². The van der Waals surface area contributed by atoms with Gasteiger partial charge in [-0.2, -0.15) is 0 Å². The molecule has 0 aliphatic carbocycles. The summed E-state index contributed by atoms with van der Waals surface area (Å²) in [5, 5.41) is 16.4. The summed E-state index contributed by atoms with van der Waals surface area (Å²) < 4.78 is 136. The Bertz CT molecular complexity index is 1330. The van der Waals surface area contributed by atoms with Gasteiger partial charge in [-0.3, -0.25) is 19.2 Å². The van der Waals surface area contributed by atoms with Gasteiger partial charge in [-0.05, 0) is 78.1 Å². The van der Waals surface area contributed by atoms with Crippen molar-refractivity contribution in [3.05, 3.63) is 25.3 Å². The van der Waals surface area contributed by atoms with Crippen LogP contribution >= 0.6 is 0 Å². The number of hydrogen-bond acceptors (Lipinski definition) is 16. The first-order valence-electron chi connectivity index (χ1n) is 17.3. The Hall–Kier alpha value is -2.52. The zero-order chi connectivity index (χ0) is 44.6. The molecule has 16 nitrogen and oxygen atoms in total. The fourth-order valence-corrected chi connectivity index (χ4v) is 8.09. The van der Waals surface area contributed by atoms with Crippen molar-refractivity contribution in [3.8, 4) is 0 Å². The van der Waals surface area contributed by atoms with E-state index >= 15 is 0 Å². The molecule has 2 heterocycles. The van der Waals surface area contributed by atoms with Crippen molar-refractivity contribution in [1.82, 2.24) is 0 Å². The van der Waals surface area contributed by atoms with Crippen LogP contribution in [0.5, 0.6) is 0 Å². The average Bonchev–Trinajstić information content (AvgIpc) is 3.11. The summed E-state index contributed by atoms with van der Waals surface area (Å²) in [4.78, 5) is 44.0. The van der Waals surface area contributed by atoms with Crippen molar-refractivity contribution in [2.24, 2.45) is 11.8 Å². The molecule has 0 aromatic rings. The first-order valence-corrected chi connectivity index (χ1v) is 22.5. The minimum absolute atomic E-state index is 0. The standard InChI is InChI=1S/C15H26O5.C8H12O2.C5H8O2.C2H6O.2CHF3O3S.CH4.Sn/c1-3-8-13(9-7-11-16)15(18)20-12-6-5-10-14(17)19-4-2;1-2-4-7-5-3-6-10-8(7)9;6-5-3-1-2-4-7-5;1-2-3;2*2-1(3,4)8(5,6)7;;/h3,13,16H,1,4-12H2,2H3;2,7H,1,3-6H2;1-4H2;3H,2H2,1H3;2*(H,5,6,7);1H4;/q;;;;;;;+2/p-2. The minimum atomic E-state index is -6.15. The number of carbonyl (C=O) groups is 4. The van der Waals surface area contributed by atoms with Crippen LogP contribution in [0.4, 0.5) is 26.3 Å². The second-order valence-corrected chi connectivity index (χ2v) is 17.5. The molecule has 2 atom stereocenters. The summed E-state index contributed by atoms with van der Waals surface area (Å²) in [6.07, 6.45) is 12.3. The first kappa shape index (κ1) is 62.1. The van der Waals surface area contributed by atoms with E-state index in [1.165, 1.54) is 0 Å². The summed E-state index contributed by atoms with van der Waals surface area (Å²) in [5.74, 6) is -0.700. The van der Waals surface area contributed by atoms with Crippen LogP contribution < -0.4 is 0 Å². The van der Waals surface area contributed by atoms with Gasteiger partial charge in [0.15, 0.2) is 0 Å². The predicted octanol–water partition coefficient (Wildman–Crippen LogP) is 5.34. The molecule has 2 N–H and O–H groups in total. The molecule has 2 aliphatic rings. The Kier molecular flexibility index (Phi) is 37.8. The van der Waals surface area contributed by atoms with E-state index in [0.29, 0.717) is 71.4 Å². The fourth-order valence-electron chi connectivity index (χ4n) is 3.75. The molecule has 2 unspecified atom stereocenters. The topological polar surface area (TPSA) is 232 Å². The van der Waals surface area contributed by atoms with Crippen molar-refractivity contribution in [3.63, 3.8) is 0 Å². The molecule has 0 amide bonds. The Morgan fingerprint density at radius 1 is 0.879 bits per heavy atom. The molecule has 0 bridgehead atoms. The Labute approximate surface area is 347 Å². The molecule has 2 saturated heterocycles. The number of cyclic esters (lactones) is 2. The molecular formula is C33H56F6O16S2Sn. The number of halogens is 6. The van der Waals surface area contributed by atoms with E-state index in [1.807, 2.05) is 0 Å². The zero-order valence-corrected chi connectivity index (χ0v) is 36.1. The average molecular weight is 1010 g/mol. The predicted molar refractivity (Wildman–Crippen MR) is 197 cm³/mol. The van der Waals surface area contributed by atoms with E-state index in [1.54, 1.807) is 26.0 Å². The van der Waals surface area contributed by atoms with Crippen LogP contribution in [-0.2, 0) is 63.4 Å². The van der Waals surface area contributed by atoms with Crippen molar-refractivity contribution >= 4 is 66.1 Å². The van der Waals surface area contributed by atoms with Crippen LogP contribution in [0.2, 0.25) is 0 Å². The molecule has 342 valence electrons. The third kappa shape index (κ3) is 32.3. The fraction of sp³-hybridized carbons (Fsp3) is 0.758. The number of esters is 4. The van der Waals surface area contributed by atoms with Gasteiger partial charge < -0.3 is 29.2 Å². The number of aliphatic hydroxyl groups excluding tert-OH is 2. The Morgan fingerprint density at radius 2 is 1.43 bits per heavy atom. The van der Waals surface area contributed by atoms with Gasteiger partial charge in [0.1, 0.15) is 0 Å². The molecule has 0 aromatic carbocycles. The van der Waals surface area contributed by atoms with E-state index in [0.717, 1.165) is 32.1 Å². The molecular weight excluding hydrogens is 949 g/mol. The second kappa shape index (κ2) is 35.3. The molecule has 2 rings (SSSR count). The third-order valence-corrected chi connectivity index (χ3v) is 13.1. The van der Waals surface area contributed by atoms with Crippen LogP contribution in [0.15, 0.2) is 25.3 Å². The number of allylic oxidation sites excluding steroid dienone is 2. The van der Waals surface area contributed by atoms with Gasteiger partial charge in [0.25, 0.3) is 0 Å². The monoisotopic (exact) mass is 1010 g/mol. The van der Waals surface area contributed by atoms with E-state index in [4.69, 9.17) is 24.4 Å². The maximum absolute atomic E-state index is 11.8. The molecule has 2 fully saturated rings. The van der Waals surface area contributed by atoms with Gasteiger partial charge >= 0.3 is 125 Å². The Balaban J connectivity index is -0.000000343.